The molecule has 0 aliphatic heterocycles. The number of fused-ring (bicyclic) bond motifs is 1. The van der Waals surface area contributed by atoms with E-state index in [-0.39, 0.29) is 11.6 Å². The SMILES string of the molecule is Cc1nc2ccc(Cl)cc2c(=O)n1C(C)C. The fourth-order valence-corrected chi connectivity index (χ4v) is 2.06. The van der Waals surface area contributed by atoms with Crippen LogP contribution in [0, 0.1) is 6.92 Å². The third kappa shape index (κ3) is 1.71. The van der Waals surface area contributed by atoms with Gasteiger partial charge in [-0.3, -0.25) is 9.36 Å². The highest BCUT2D eigenvalue weighted by atomic mass is 35.5. The molecule has 0 atom stereocenters. The van der Waals surface area contributed by atoms with E-state index in [0.29, 0.717) is 15.9 Å². The number of hydrogen-bond donors (Lipinski definition) is 0. The molecular formula is C12H13ClN2O. The number of benzene rings is 1. The first-order valence-electron chi connectivity index (χ1n) is 5.19. The first-order valence-corrected chi connectivity index (χ1v) is 5.57. The summed E-state index contributed by atoms with van der Waals surface area (Å²) in [6.07, 6.45) is 0. The summed E-state index contributed by atoms with van der Waals surface area (Å²) in [6, 6.07) is 5.29. The van der Waals surface area contributed by atoms with E-state index >= 15 is 0 Å². The van der Waals surface area contributed by atoms with Crippen LogP contribution in [0.3, 0.4) is 0 Å². The van der Waals surface area contributed by atoms with Crippen LogP contribution >= 0.6 is 11.6 Å². The minimum atomic E-state index is -0.0278. The third-order valence-electron chi connectivity index (χ3n) is 2.56. The van der Waals surface area contributed by atoms with Gasteiger partial charge in [0, 0.05) is 11.1 Å². The molecule has 16 heavy (non-hydrogen) atoms. The average molecular weight is 237 g/mol. The van der Waals surface area contributed by atoms with Gasteiger partial charge in [0.2, 0.25) is 0 Å². The summed E-state index contributed by atoms with van der Waals surface area (Å²) >= 11 is 5.89. The van der Waals surface area contributed by atoms with Gasteiger partial charge in [-0.1, -0.05) is 11.6 Å². The minimum Gasteiger partial charge on any atom is -0.294 e. The Labute approximate surface area is 98.7 Å². The molecule has 0 saturated heterocycles. The van der Waals surface area contributed by atoms with Crippen molar-refractivity contribution in [1.82, 2.24) is 9.55 Å². The third-order valence-corrected chi connectivity index (χ3v) is 2.79. The van der Waals surface area contributed by atoms with E-state index in [0.717, 1.165) is 5.82 Å². The second kappa shape index (κ2) is 3.91. The standard InChI is InChI=1S/C12H13ClN2O/c1-7(2)15-8(3)14-11-5-4-9(13)6-10(11)12(15)16/h4-7H,1-3H3. The molecular weight excluding hydrogens is 224 g/mol. The van der Waals surface area contributed by atoms with Gasteiger partial charge in [0.05, 0.1) is 10.9 Å². The van der Waals surface area contributed by atoms with Crippen molar-refractivity contribution in [2.45, 2.75) is 26.8 Å². The smallest absolute Gasteiger partial charge is 0.261 e. The Morgan fingerprint density at radius 2 is 2.06 bits per heavy atom. The Balaban J connectivity index is 2.91. The predicted molar refractivity (Wildman–Crippen MR) is 66.1 cm³/mol. The quantitative estimate of drug-likeness (QED) is 0.763. The van der Waals surface area contributed by atoms with E-state index in [4.69, 9.17) is 11.6 Å². The summed E-state index contributed by atoms with van der Waals surface area (Å²) < 4.78 is 1.68. The van der Waals surface area contributed by atoms with Crippen LogP contribution in [0.2, 0.25) is 5.02 Å². The van der Waals surface area contributed by atoms with Crippen molar-refractivity contribution >= 4 is 22.5 Å². The Kier molecular flexibility index (Phi) is 2.72. The molecule has 0 unspecified atom stereocenters. The molecule has 1 aromatic carbocycles. The number of halogens is 1. The second-order valence-corrected chi connectivity index (χ2v) is 4.53. The zero-order chi connectivity index (χ0) is 11.9. The molecule has 0 N–H and O–H groups in total. The van der Waals surface area contributed by atoms with Gasteiger partial charge in [-0.15, -0.1) is 0 Å². The van der Waals surface area contributed by atoms with Gasteiger partial charge >= 0.3 is 0 Å². The maximum Gasteiger partial charge on any atom is 0.261 e. The van der Waals surface area contributed by atoms with Crippen molar-refractivity contribution in [3.05, 3.63) is 39.4 Å². The van der Waals surface area contributed by atoms with E-state index < -0.39 is 0 Å². The van der Waals surface area contributed by atoms with Crippen molar-refractivity contribution in [1.29, 1.82) is 0 Å². The molecule has 0 aliphatic carbocycles. The second-order valence-electron chi connectivity index (χ2n) is 4.09. The molecule has 2 rings (SSSR count). The molecule has 4 heteroatoms. The maximum absolute atomic E-state index is 12.2. The highest BCUT2D eigenvalue weighted by Crippen LogP contribution is 2.16. The van der Waals surface area contributed by atoms with Gasteiger partial charge in [0.1, 0.15) is 5.82 Å². The lowest BCUT2D eigenvalue weighted by molar-refractivity contribution is 0.555. The van der Waals surface area contributed by atoms with Crippen LogP contribution in [0.4, 0.5) is 0 Å². The van der Waals surface area contributed by atoms with Crippen molar-refractivity contribution in [2.75, 3.05) is 0 Å². The molecule has 0 bridgehead atoms. The van der Waals surface area contributed by atoms with E-state index in [2.05, 4.69) is 4.98 Å². The van der Waals surface area contributed by atoms with Crippen LogP contribution in [-0.4, -0.2) is 9.55 Å². The lowest BCUT2D eigenvalue weighted by Crippen LogP contribution is -2.25. The normalized spacial score (nSPS) is 11.3. The summed E-state index contributed by atoms with van der Waals surface area (Å²) in [5.74, 6) is 0.731. The summed E-state index contributed by atoms with van der Waals surface area (Å²) in [7, 11) is 0. The highest BCUT2D eigenvalue weighted by Gasteiger charge is 2.10. The molecule has 3 nitrogen and oxygen atoms in total. The van der Waals surface area contributed by atoms with Gasteiger partial charge in [0.15, 0.2) is 0 Å². The lowest BCUT2D eigenvalue weighted by atomic mass is 10.2. The van der Waals surface area contributed by atoms with Crippen molar-refractivity contribution in [3.8, 4) is 0 Å². The van der Waals surface area contributed by atoms with Gasteiger partial charge in [-0.2, -0.15) is 0 Å². The Morgan fingerprint density at radius 1 is 1.38 bits per heavy atom. The first kappa shape index (κ1) is 11.1. The van der Waals surface area contributed by atoms with Gasteiger partial charge < -0.3 is 0 Å². The number of nitrogens with zero attached hydrogens (tertiary/aromatic N) is 2. The van der Waals surface area contributed by atoms with E-state index in [9.17, 15) is 4.79 Å². The van der Waals surface area contributed by atoms with Crippen LogP contribution in [0.15, 0.2) is 23.0 Å². The number of hydrogen-bond acceptors (Lipinski definition) is 2. The van der Waals surface area contributed by atoms with Crippen LogP contribution in [0.5, 0.6) is 0 Å². The topological polar surface area (TPSA) is 34.9 Å². The van der Waals surface area contributed by atoms with Crippen molar-refractivity contribution in [3.63, 3.8) is 0 Å². The van der Waals surface area contributed by atoms with E-state index in [1.807, 2.05) is 20.8 Å². The molecule has 0 radical (unpaired) electrons. The Morgan fingerprint density at radius 3 is 2.69 bits per heavy atom. The number of aromatic nitrogens is 2. The Hall–Kier alpha value is -1.35. The molecule has 0 aliphatic rings. The zero-order valence-corrected chi connectivity index (χ0v) is 10.2. The average Bonchev–Trinajstić information content (AvgIpc) is 2.19. The van der Waals surface area contributed by atoms with Crippen LogP contribution in [0.25, 0.3) is 10.9 Å². The largest absolute Gasteiger partial charge is 0.294 e. The van der Waals surface area contributed by atoms with Crippen LogP contribution in [-0.2, 0) is 0 Å². The van der Waals surface area contributed by atoms with Crippen LogP contribution < -0.4 is 5.56 Å². The van der Waals surface area contributed by atoms with E-state index in [1.54, 1.807) is 22.8 Å². The van der Waals surface area contributed by atoms with Gasteiger partial charge in [0.25, 0.3) is 5.56 Å². The molecule has 1 aromatic heterocycles. The maximum atomic E-state index is 12.2. The predicted octanol–water partition coefficient (Wildman–Crippen LogP) is 2.94. The number of rotatable bonds is 1. The molecule has 0 spiro atoms. The molecule has 0 saturated carbocycles. The fourth-order valence-electron chi connectivity index (χ4n) is 1.89. The summed E-state index contributed by atoms with van der Waals surface area (Å²) in [5, 5.41) is 1.14. The zero-order valence-electron chi connectivity index (χ0n) is 9.49. The summed E-state index contributed by atoms with van der Waals surface area (Å²) in [6.45, 7) is 5.77. The van der Waals surface area contributed by atoms with Crippen LogP contribution in [0.1, 0.15) is 25.7 Å². The highest BCUT2D eigenvalue weighted by molar-refractivity contribution is 6.31. The van der Waals surface area contributed by atoms with Crippen molar-refractivity contribution < 1.29 is 0 Å². The van der Waals surface area contributed by atoms with Gasteiger partial charge in [-0.05, 0) is 39.0 Å². The first-order chi connectivity index (χ1) is 7.50. The summed E-state index contributed by atoms with van der Waals surface area (Å²) in [4.78, 5) is 16.6. The van der Waals surface area contributed by atoms with Gasteiger partial charge in [-0.25, -0.2) is 4.98 Å². The molecule has 1 heterocycles. The molecule has 84 valence electrons. The number of aryl methyl sites for hydroxylation is 1. The summed E-state index contributed by atoms with van der Waals surface area (Å²) in [5.41, 5.74) is 0.670. The lowest BCUT2D eigenvalue weighted by Gasteiger charge is -2.13. The Bertz CT molecular complexity index is 602. The molecule has 2 aromatic rings. The molecule has 0 amide bonds. The van der Waals surface area contributed by atoms with E-state index in [1.165, 1.54) is 0 Å². The van der Waals surface area contributed by atoms with Crippen molar-refractivity contribution in [2.24, 2.45) is 0 Å². The minimum absolute atomic E-state index is 0.0278. The monoisotopic (exact) mass is 236 g/mol. The molecule has 0 fully saturated rings. The fraction of sp³-hybridized carbons (Fsp3) is 0.333.